The minimum atomic E-state index is -0.359. The fourth-order valence-electron chi connectivity index (χ4n) is 5.01. The predicted octanol–water partition coefficient (Wildman–Crippen LogP) is 8.45. The summed E-state index contributed by atoms with van der Waals surface area (Å²) in [5.74, 6) is 1.21. The van der Waals surface area contributed by atoms with E-state index >= 15 is 0 Å². The van der Waals surface area contributed by atoms with Crippen LogP contribution in [0.25, 0.3) is 0 Å². The van der Waals surface area contributed by atoms with Gasteiger partial charge in [-0.2, -0.15) is 0 Å². The second-order valence-electron chi connectivity index (χ2n) is 10.9. The largest absolute Gasteiger partial charge is 0.490 e. The average molecular weight is 475 g/mol. The van der Waals surface area contributed by atoms with Gasteiger partial charge in [0.15, 0.2) is 0 Å². The first kappa shape index (κ1) is 26.8. The van der Waals surface area contributed by atoms with E-state index in [2.05, 4.69) is 52.8 Å². The molecule has 0 radical (unpaired) electrons. The molecule has 1 aromatic carbocycles. The van der Waals surface area contributed by atoms with Gasteiger partial charge in [-0.15, -0.1) is 0 Å². The van der Waals surface area contributed by atoms with Gasteiger partial charge in [0.1, 0.15) is 11.5 Å². The molecule has 1 heterocycles. The number of carbonyl (C=O) groups excluding carboxylic acids is 1. The topological polar surface area (TPSA) is 35.5 Å². The van der Waals surface area contributed by atoms with Crippen molar-refractivity contribution in [3.63, 3.8) is 0 Å². The Balaban J connectivity index is 1.64. The van der Waals surface area contributed by atoms with E-state index < -0.39 is 0 Å². The van der Waals surface area contributed by atoms with Crippen molar-refractivity contribution in [1.82, 2.24) is 0 Å². The number of esters is 1. The Hall–Kier alpha value is -2.81. The van der Waals surface area contributed by atoms with E-state index in [0.29, 0.717) is 5.75 Å². The predicted molar refractivity (Wildman–Crippen MR) is 146 cm³/mol. The molecule has 0 saturated heterocycles. The molecule has 35 heavy (non-hydrogen) atoms. The first-order chi connectivity index (χ1) is 16.5. The zero-order valence-corrected chi connectivity index (χ0v) is 22.9. The highest BCUT2D eigenvalue weighted by Gasteiger charge is 2.26. The third-order valence-electron chi connectivity index (χ3n) is 7.34. The maximum Gasteiger partial charge on any atom is 0.336 e. The summed E-state index contributed by atoms with van der Waals surface area (Å²) in [5.41, 5.74) is 8.35. The highest BCUT2D eigenvalue weighted by molar-refractivity contribution is 5.85. The molecule has 2 aliphatic rings. The Labute approximate surface area is 212 Å². The van der Waals surface area contributed by atoms with Gasteiger partial charge in [-0.3, -0.25) is 0 Å². The van der Waals surface area contributed by atoms with Crippen LogP contribution in [0.4, 0.5) is 0 Å². The number of ether oxygens (including phenoxy) is 2. The second kappa shape index (κ2) is 11.3. The zero-order chi connectivity index (χ0) is 25.8. The summed E-state index contributed by atoms with van der Waals surface area (Å²) in [4.78, 5) is 12.6. The molecule has 1 aliphatic heterocycles. The molecule has 0 amide bonds. The number of aryl methyl sites for hydroxylation is 1. The summed E-state index contributed by atoms with van der Waals surface area (Å²) < 4.78 is 11.7. The molecular weight excluding hydrogens is 432 g/mol. The fourth-order valence-corrected chi connectivity index (χ4v) is 5.01. The first-order valence-electron chi connectivity index (χ1n) is 12.9. The summed E-state index contributed by atoms with van der Waals surface area (Å²) in [7, 11) is 0. The highest BCUT2D eigenvalue weighted by Crippen LogP contribution is 2.41. The van der Waals surface area contributed by atoms with Crippen LogP contribution in [-0.4, -0.2) is 12.1 Å². The summed E-state index contributed by atoms with van der Waals surface area (Å²) in [6, 6.07) is 1.96. The Morgan fingerprint density at radius 3 is 2.54 bits per heavy atom. The highest BCUT2D eigenvalue weighted by atomic mass is 16.5. The second-order valence-corrected chi connectivity index (χ2v) is 10.9. The van der Waals surface area contributed by atoms with Gasteiger partial charge in [-0.25, -0.2) is 4.79 Å². The number of rotatable bonds is 6. The standard InChI is InChI=1S/C32H42O3/c1-21(14-17-28-23(3)13-10-18-32(28,7)8)11-9-12-22(2)19-30(33)35-29-20-27-16-15-24(4)34-31(27)26(6)25(29)5/h9,11-12,14,17,19-20,24H,10,13,15-16,18H2,1-8H3/b12-9+,17-14+,21-11+,22-19+. The lowest BCUT2D eigenvalue weighted by atomic mass is 9.72. The van der Waals surface area contributed by atoms with Crippen molar-refractivity contribution in [2.75, 3.05) is 0 Å². The van der Waals surface area contributed by atoms with Gasteiger partial charge < -0.3 is 9.47 Å². The molecule has 0 bridgehead atoms. The molecule has 0 N–H and O–H groups in total. The first-order valence-corrected chi connectivity index (χ1v) is 12.9. The maximum atomic E-state index is 12.6. The van der Waals surface area contributed by atoms with E-state index in [4.69, 9.17) is 9.47 Å². The van der Waals surface area contributed by atoms with Gasteiger partial charge in [-0.05, 0) is 113 Å². The van der Waals surface area contributed by atoms with Gasteiger partial charge in [0.2, 0.25) is 0 Å². The van der Waals surface area contributed by atoms with Crippen LogP contribution in [0.3, 0.4) is 0 Å². The SMILES string of the molecule is CC1=C(/C=C/C(C)=C/C=C/C(C)=C/C(=O)Oc2cc3c(c(C)c2C)OC(C)CC3)C(C)(C)CCC1. The minimum absolute atomic E-state index is 0.222. The zero-order valence-electron chi connectivity index (χ0n) is 22.9. The molecule has 3 heteroatoms. The van der Waals surface area contributed by atoms with E-state index in [0.717, 1.165) is 40.9 Å². The van der Waals surface area contributed by atoms with Crippen LogP contribution in [0.1, 0.15) is 83.9 Å². The van der Waals surface area contributed by atoms with Crippen molar-refractivity contribution < 1.29 is 14.3 Å². The average Bonchev–Trinajstić information content (AvgIpc) is 2.77. The van der Waals surface area contributed by atoms with Gasteiger partial charge in [0.25, 0.3) is 0 Å². The van der Waals surface area contributed by atoms with Crippen LogP contribution in [-0.2, 0) is 11.2 Å². The molecular formula is C32H42O3. The summed E-state index contributed by atoms with van der Waals surface area (Å²) in [6.45, 7) is 17.0. The molecule has 1 unspecified atom stereocenters. The smallest absolute Gasteiger partial charge is 0.336 e. The van der Waals surface area contributed by atoms with E-state index in [1.54, 1.807) is 6.08 Å². The number of hydrogen-bond acceptors (Lipinski definition) is 3. The Kier molecular flexibility index (Phi) is 8.64. The van der Waals surface area contributed by atoms with Crippen molar-refractivity contribution in [3.05, 3.63) is 81.5 Å². The van der Waals surface area contributed by atoms with E-state index in [-0.39, 0.29) is 17.5 Å². The molecule has 3 rings (SSSR count). The van der Waals surface area contributed by atoms with Crippen molar-refractivity contribution in [2.24, 2.45) is 5.41 Å². The number of carbonyl (C=O) groups is 1. The van der Waals surface area contributed by atoms with Crippen LogP contribution < -0.4 is 9.47 Å². The third kappa shape index (κ3) is 6.87. The minimum Gasteiger partial charge on any atom is -0.490 e. The summed E-state index contributed by atoms with van der Waals surface area (Å²) in [6.07, 6.45) is 17.9. The van der Waals surface area contributed by atoms with Gasteiger partial charge in [-0.1, -0.05) is 55.4 Å². The lowest BCUT2D eigenvalue weighted by molar-refractivity contribution is -0.129. The molecule has 0 saturated carbocycles. The number of fused-ring (bicyclic) bond motifs is 1. The summed E-state index contributed by atoms with van der Waals surface area (Å²) in [5, 5.41) is 0. The normalized spacial score (nSPS) is 20.9. The molecule has 0 spiro atoms. The Morgan fingerprint density at radius 2 is 1.83 bits per heavy atom. The monoisotopic (exact) mass is 474 g/mol. The van der Waals surface area contributed by atoms with Gasteiger partial charge in [0.05, 0.1) is 6.10 Å². The van der Waals surface area contributed by atoms with Gasteiger partial charge >= 0.3 is 5.97 Å². The van der Waals surface area contributed by atoms with E-state index in [1.165, 1.54) is 36.0 Å². The van der Waals surface area contributed by atoms with Crippen LogP contribution in [0, 0.1) is 19.3 Å². The van der Waals surface area contributed by atoms with E-state index in [1.807, 2.05) is 39.0 Å². The molecule has 0 aromatic heterocycles. The molecule has 3 nitrogen and oxygen atoms in total. The summed E-state index contributed by atoms with van der Waals surface area (Å²) >= 11 is 0. The van der Waals surface area contributed by atoms with Crippen LogP contribution in [0.2, 0.25) is 0 Å². The van der Waals surface area contributed by atoms with Crippen LogP contribution in [0.5, 0.6) is 11.5 Å². The molecule has 188 valence electrons. The number of hydrogen-bond donors (Lipinski definition) is 0. The van der Waals surface area contributed by atoms with Crippen molar-refractivity contribution in [1.29, 1.82) is 0 Å². The Bertz CT molecular complexity index is 1120. The Morgan fingerprint density at radius 1 is 1.09 bits per heavy atom. The van der Waals surface area contributed by atoms with Gasteiger partial charge in [0, 0.05) is 6.08 Å². The molecule has 1 atom stereocenters. The maximum absolute atomic E-state index is 12.6. The van der Waals surface area contributed by atoms with Crippen LogP contribution >= 0.6 is 0 Å². The molecule has 1 aromatic rings. The quantitative estimate of drug-likeness (QED) is 0.179. The molecule has 1 aliphatic carbocycles. The molecule has 0 fully saturated rings. The number of allylic oxidation sites excluding steroid dienone is 9. The number of benzene rings is 1. The van der Waals surface area contributed by atoms with E-state index in [9.17, 15) is 4.79 Å². The fraction of sp³-hybridized carbons (Fsp3) is 0.469. The lowest BCUT2D eigenvalue weighted by Gasteiger charge is -2.32. The van der Waals surface area contributed by atoms with Crippen LogP contribution in [0.15, 0.2) is 64.8 Å². The van der Waals surface area contributed by atoms with Crippen molar-refractivity contribution in [3.8, 4) is 11.5 Å². The third-order valence-corrected chi connectivity index (χ3v) is 7.34. The van der Waals surface area contributed by atoms with Crippen molar-refractivity contribution >= 4 is 5.97 Å². The van der Waals surface area contributed by atoms with Crippen molar-refractivity contribution in [2.45, 2.75) is 93.6 Å². The lowest BCUT2D eigenvalue weighted by Crippen LogP contribution is -2.20.